The fraction of sp³-hybridized carbons (Fsp3) is 1.00. The Morgan fingerprint density at radius 3 is 2.60 bits per heavy atom. The van der Waals surface area contributed by atoms with E-state index in [1.165, 1.54) is 32.5 Å². The van der Waals surface area contributed by atoms with E-state index in [4.69, 9.17) is 0 Å². The molecule has 0 spiro atoms. The van der Waals surface area contributed by atoms with E-state index in [1.54, 1.807) is 0 Å². The quantitative estimate of drug-likeness (QED) is 0.772. The van der Waals surface area contributed by atoms with E-state index in [0.29, 0.717) is 11.5 Å². The first-order valence-corrected chi connectivity index (χ1v) is 6.33. The van der Waals surface area contributed by atoms with Gasteiger partial charge < -0.3 is 10.2 Å². The summed E-state index contributed by atoms with van der Waals surface area (Å²) in [5, 5.41) is 3.40. The van der Waals surface area contributed by atoms with Crippen LogP contribution in [0.2, 0.25) is 0 Å². The highest BCUT2D eigenvalue weighted by atomic mass is 15.2. The Labute approximate surface area is 95.4 Å². The van der Waals surface area contributed by atoms with Gasteiger partial charge in [-0.2, -0.15) is 0 Å². The molecule has 1 rings (SSSR count). The minimum absolute atomic E-state index is 0.437. The second kappa shape index (κ2) is 5.31. The summed E-state index contributed by atoms with van der Waals surface area (Å²) in [5.41, 5.74) is 0.437. The van der Waals surface area contributed by atoms with Gasteiger partial charge in [-0.05, 0) is 37.8 Å². The van der Waals surface area contributed by atoms with Crippen LogP contribution in [0, 0.1) is 11.3 Å². The largest absolute Gasteiger partial charge is 0.316 e. The van der Waals surface area contributed by atoms with Crippen LogP contribution in [0.3, 0.4) is 0 Å². The average molecular weight is 212 g/mol. The summed E-state index contributed by atoms with van der Waals surface area (Å²) in [4.78, 5) is 2.63. The van der Waals surface area contributed by atoms with Crippen molar-refractivity contribution in [3.63, 3.8) is 0 Å². The molecule has 0 amide bonds. The molecule has 90 valence electrons. The third kappa shape index (κ3) is 4.12. The maximum atomic E-state index is 3.40. The molecular weight excluding hydrogens is 184 g/mol. The number of nitrogens with zero attached hydrogens (tertiary/aromatic N) is 1. The highest BCUT2D eigenvalue weighted by molar-refractivity contribution is 4.80. The predicted molar refractivity (Wildman–Crippen MR) is 67.1 cm³/mol. The van der Waals surface area contributed by atoms with Gasteiger partial charge in [0.15, 0.2) is 0 Å². The molecule has 1 saturated heterocycles. The van der Waals surface area contributed by atoms with Crippen LogP contribution in [0.1, 0.15) is 40.5 Å². The van der Waals surface area contributed by atoms with E-state index in [9.17, 15) is 0 Å². The third-order valence-electron chi connectivity index (χ3n) is 3.92. The first-order chi connectivity index (χ1) is 6.93. The van der Waals surface area contributed by atoms with E-state index >= 15 is 0 Å². The minimum Gasteiger partial charge on any atom is -0.316 e. The first kappa shape index (κ1) is 13.0. The van der Waals surface area contributed by atoms with Crippen molar-refractivity contribution in [2.75, 3.05) is 26.7 Å². The van der Waals surface area contributed by atoms with Crippen LogP contribution in [0.25, 0.3) is 0 Å². The van der Waals surface area contributed by atoms with E-state index in [2.05, 4.69) is 45.0 Å². The van der Waals surface area contributed by atoms with Gasteiger partial charge in [-0.25, -0.2) is 0 Å². The van der Waals surface area contributed by atoms with Crippen LogP contribution in [-0.2, 0) is 0 Å². The van der Waals surface area contributed by atoms with Crippen molar-refractivity contribution >= 4 is 0 Å². The molecule has 1 N–H and O–H groups in total. The summed E-state index contributed by atoms with van der Waals surface area (Å²) in [6, 6.07) is 0.714. The molecule has 1 fully saturated rings. The Morgan fingerprint density at radius 2 is 2.07 bits per heavy atom. The van der Waals surface area contributed by atoms with Crippen LogP contribution < -0.4 is 5.32 Å². The van der Waals surface area contributed by atoms with Crippen molar-refractivity contribution in [3.05, 3.63) is 0 Å². The maximum absolute atomic E-state index is 3.40. The van der Waals surface area contributed by atoms with Gasteiger partial charge in [0.05, 0.1) is 0 Å². The highest BCUT2D eigenvalue weighted by Crippen LogP contribution is 2.26. The number of likely N-dealkylation sites (N-methyl/N-ethyl adjacent to an activating group) is 1. The van der Waals surface area contributed by atoms with Crippen molar-refractivity contribution in [3.8, 4) is 0 Å². The van der Waals surface area contributed by atoms with Gasteiger partial charge in [-0.1, -0.05) is 27.7 Å². The molecule has 0 aliphatic carbocycles. The fourth-order valence-electron chi connectivity index (χ4n) is 2.12. The lowest BCUT2D eigenvalue weighted by molar-refractivity contribution is 0.128. The zero-order valence-corrected chi connectivity index (χ0v) is 11.1. The van der Waals surface area contributed by atoms with E-state index in [-0.39, 0.29) is 0 Å². The molecule has 0 bridgehead atoms. The standard InChI is InChI=1S/C13H28N2/c1-11(13(2,3)4)9-15-8-6-7-12(10-15)14-5/h11-12,14H,6-10H2,1-5H3. The van der Waals surface area contributed by atoms with Crippen molar-refractivity contribution in [2.24, 2.45) is 11.3 Å². The molecule has 0 saturated carbocycles. The smallest absolute Gasteiger partial charge is 0.0192 e. The topological polar surface area (TPSA) is 15.3 Å². The zero-order chi connectivity index (χ0) is 11.5. The lowest BCUT2D eigenvalue weighted by Crippen LogP contribution is -2.46. The summed E-state index contributed by atoms with van der Waals surface area (Å²) in [7, 11) is 2.08. The zero-order valence-electron chi connectivity index (χ0n) is 11.1. The van der Waals surface area contributed by atoms with Gasteiger partial charge in [0, 0.05) is 19.1 Å². The molecule has 0 aromatic carbocycles. The molecule has 1 heterocycles. The number of nitrogens with one attached hydrogen (secondary N) is 1. The van der Waals surface area contributed by atoms with Crippen LogP contribution >= 0.6 is 0 Å². The minimum atomic E-state index is 0.437. The summed E-state index contributed by atoms with van der Waals surface area (Å²) in [6.07, 6.45) is 2.69. The summed E-state index contributed by atoms with van der Waals surface area (Å²) in [5.74, 6) is 0.771. The van der Waals surface area contributed by atoms with Crippen LogP contribution in [-0.4, -0.2) is 37.6 Å². The van der Waals surface area contributed by atoms with E-state index in [1.807, 2.05) is 0 Å². The van der Waals surface area contributed by atoms with Crippen molar-refractivity contribution in [1.29, 1.82) is 0 Å². The van der Waals surface area contributed by atoms with Crippen LogP contribution in [0.15, 0.2) is 0 Å². The van der Waals surface area contributed by atoms with Crippen LogP contribution in [0.4, 0.5) is 0 Å². The van der Waals surface area contributed by atoms with Crippen LogP contribution in [0.5, 0.6) is 0 Å². The summed E-state index contributed by atoms with van der Waals surface area (Å²) in [6.45, 7) is 13.2. The number of likely N-dealkylation sites (tertiary alicyclic amines) is 1. The highest BCUT2D eigenvalue weighted by Gasteiger charge is 2.25. The number of piperidine rings is 1. The Hall–Kier alpha value is -0.0800. The Balaban J connectivity index is 2.38. The molecule has 1 aliphatic heterocycles. The molecular formula is C13H28N2. The third-order valence-corrected chi connectivity index (χ3v) is 3.92. The second-order valence-corrected chi connectivity index (χ2v) is 6.15. The molecule has 0 radical (unpaired) electrons. The van der Waals surface area contributed by atoms with Gasteiger partial charge in [0.25, 0.3) is 0 Å². The molecule has 2 atom stereocenters. The maximum Gasteiger partial charge on any atom is 0.0192 e. The molecule has 0 aromatic rings. The number of hydrogen-bond donors (Lipinski definition) is 1. The number of rotatable bonds is 3. The van der Waals surface area contributed by atoms with Gasteiger partial charge in [0.2, 0.25) is 0 Å². The SMILES string of the molecule is CNC1CCCN(CC(C)C(C)(C)C)C1. The first-order valence-electron chi connectivity index (χ1n) is 6.33. The molecule has 1 aliphatic rings. The Morgan fingerprint density at radius 1 is 1.40 bits per heavy atom. The lowest BCUT2D eigenvalue weighted by atomic mass is 9.81. The molecule has 15 heavy (non-hydrogen) atoms. The summed E-state index contributed by atoms with van der Waals surface area (Å²) >= 11 is 0. The average Bonchev–Trinajstić information content (AvgIpc) is 2.16. The predicted octanol–water partition coefficient (Wildman–Crippen LogP) is 2.35. The lowest BCUT2D eigenvalue weighted by Gasteiger charge is -2.37. The van der Waals surface area contributed by atoms with Gasteiger partial charge in [-0.15, -0.1) is 0 Å². The van der Waals surface area contributed by atoms with Gasteiger partial charge >= 0.3 is 0 Å². The van der Waals surface area contributed by atoms with Crippen molar-refractivity contribution in [2.45, 2.75) is 46.6 Å². The molecule has 2 nitrogen and oxygen atoms in total. The molecule has 0 aromatic heterocycles. The van der Waals surface area contributed by atoms with Gasteiger partial charge in [-0.3, -0.25) is 0 Å². The van der Waals surface area contributed by atoms with Gasteiger partial charge in [0.1, 0.15) is 0 Å². The number of hydrogen-bond acceptors (Lipinski definition) is 2. The molecule has 2 heteroatoms. The van der Waals surface area contributed by atoms with E-state index < -0.39 is 0 Å². The van der Waals surface area contributed by atoms with E-state index in [0.717, 1.165) is 5.92 Å². The Kier molecular flexibility index (Phi) is 4.60. The normalized spacial score (nSPS) is 26.6. The Bertz CT molecular complexity index is 183. The molecule has 2 unspecified atom stereocenters. The monoisotopic (exact) mass is 212 g/mol. The van der Waals surface area contributed by atoms with Crippen molar-refractivity contribution < 1.29 is 0 Å². The summed E-state index contributed by atoms with van der Waals surface area (Å²) < 4.78 is 0. The fourth-order valence-corrected chi connectivity index (χ4v) is 2.12. The second-order valence-electron chi connectivity index (χ2n) is 6.15. The van der Waals surface area contributed by atoms with Crippen molar-refractivity contribution in [1.82, 2.24) is 10.2 Å².